The molecule has 3 N–H and O–H groups in total. The van der Waals surface area contributed by atoms with Crippen LogP contribution in [0.2, 0.25) is 5.02 Å². The molecule has 0 aliphatic heterocycles. The number of aromatic carboxylic acids is 1. The van der Waals surface area contributed by atoms with Gasteiger partial charge in [-0.25, -0.2) is 22.3 Å². The molecule has 0 aromatic heterocycles. The topological polar surface area (TPSA) is 104 Å². The summed E-state index contributed by atoms with van der Waals surface area (Å²) in [6, 6.07) is 1.48. The minimum atomic E-state index is -4.02. The standard InChI is InChI=1S/C12H15ClFNO5S/c13-11-9(12(17)18)6-8(7-10(11)14)21(19,20)15-4-2-1-3-5-16/h6-7,15-16H,1-5H2,(H,17,18). The Morgan fingerprint density at radius 2 is 1.95 bits per heavy atom. The van der Waals surface area contributed by atoms with Gasteiger partial charge in [0.25, 0.3) is 0 Å². The SMILES string of the molecule is O=C(O)c1cc(S(=O)(=O)NCCCCCO)cc(F)c1Cl. The third kappa shape index (κ3) is 4.92. The summed E-state index contributed by atoms with van der Waals surface area (Å²) in [6.07, 6.45) is 1.69. The number of aliphatic hydroxyl groups excluding tert-OH is 1. The average molecular weight is 340 g/mol. The molecule has 1 rings (SSSR count). The van der Waals surface area contributed by atoms with Crippen molar-refractivity contribution in [1.29, 1.82) is 0 Å². The van der Waals surface area contributed by atoms with Crippen LogP contribution in [0, 0.1) is 5.82 Å². The Morgan fingerprint density at radius 3 is 2.52 bits per heavy atom. The lowest BCUT2D eigenvalue weighted by Crippen LogP contribution is -2.25. The molecule has 0 fully saturated rings. The van der Waals surface area contributed by atoms with E-state index in [1.54, 1.807) is 0 Å². The number of sulfonamides is 1. The van der Waals surface area contributed by atoms with Crippen molar-refractivity contribution in [1.82, 2.24) is 4.72 Å². The van der Waals surface area contributed by atoms with Crippen LogP contribution in [0.3, 0.4) is 0 Å². The molecule has 0 unspecified atom stereocenters. The number of hydrogen-bond donors (Lipinski definition) is 3. The van der Waals surface area contributed by atoms with Crippen LogP contribution in [0.15, 0.2) is 17.0 Å². The van der Waals surface area contributed by atoms with Gasteiger partial charge in [0, 0.05) is 13.2 Å². The molecule has 0 saturated heterocycles. The molecular formula is C12H15ClFNO5S. The Bertz CT molecular complexity index is 620. The van der Waals surface area contributed by atoms with E-state index in [0.717, 1.165) is 6.07 Å². The highest BCUT2D eigenvalue weighted by Gasteiger charge is 2.21. The molecule has 0 radical (unpaired) electrons. The number of carboxylic acid groups (broad SMARTS) is 1. The first-order valence-electron chi connectivity index (χ1n) is 6.12. The third-order valence-electron chi connectivity index (χ3n) is 2.67. The molecule has 0 spiro atoms. The zero-order chi connectivity index (χ0) is 16.0. The second-order valence-corrected chi connectivity index (χ2v) is 6.40. The van der Waals surface area contributed by atoms with Crippen LogP contribution in [-0.4, -0.2) is 37.8 Å². The van der Waals surface area contributed by atoms with Gasteiger partial charge in [0.05, 0.1) is 15.5 Å². The Morgan fingerprint density at radius 1 is 1.29 bits per heavy atom. The molecular weight excluding hydrogens is 325 g/mol. The van der Waals surface area contributed by atoms with Crippen LogP contribution in [0.5, 0.6) is 0 Å². The molecule has 0 atom stereocenters. The summed E-state index contributed by atoms with van der Waals surface area (Å²) in [4.78, 5) is 10.4. The predicted octanol–water partition coefficient (Wildman–Crippen LogP) is 1.62. The highest BCUT2D eigenvalue weighted by Crippen LogP contribution is 2.24. The van der Waals surface area contributed by atoms with E-state index in [9.17, 15) is 17.6 Å². The maximum absolute atomic E-state index is 13.5. The van der Waals surface area contributed by atoms with E-state index < -0.39 is 37.3 Å². The number of unbranched alkanes of at least 4 members (excludes halogenated alkanes) is 2. The van der Waals surface area contributed by atoms with E-state index in [-0.39, 0.29) is 13.2 Å². The average Bonchev–Trinajstić information content (AvgIpc) is 2.40. The van der Waals surface area contributed by atoms with Crippen molar-refractivity contribution in [2.45, 2.75) is 24.2 Å². The van der Waals surface area contributed by atoms with Crippen LogP contribution in [0.1, 0.15) is 29.6 Å². The van der Waals surface area contributed by atoms with Crippen LogP contribution < -0.4 is 4.72 Å². The first kappa shape index (κ1) is 17.8. The maximum atomic E-state index is 13.5. The van der Waals surface area contributed by atoms with Gasteiger partial charge in [-0.2, -0.15) is 0 Å². The number of nitrogens with one attached hydrogen (secondary N) is 1. The van der Waals surface area contributed by atoms with Crippen molar-refractivity contribution in [2.24, 2.45) is 0 Å². The van der Waals surface area contributed by atoms with Crippen LogP contribution in [-0.2, 0) is 10.0 Å². The Balaban J connectivity index is 2.91. The number of hydrogen-bond acceptors (Lipinski definition) is 4. The number of carbonyl (C=O) groups is 1. The quantitative estimate of drug-likeness (QED) is 0.624. The van der Waals surface area contributed by atoms with E-state index in [2.05, 4.69) is 4.72 Å². The maximum Gasteiger partial charge on any atom is 0.337 e. The largest absolute Gasteiger partial charge is 0.478 e. The van der Waals surface area contributed by atoms with E-state index in [4.69, 9.17) is 21.8 Å². The van der Waals surface area contributed by atoms with Gasteiger partial charge in [-0.05, 0) is 31.4 Å². The molecule has 0 aliphatic carbocycles. The smallest absolute Gasteiger partial charge is 0.337 e. The highest BCUT2D eigenvalue weighted by atomic mass is 35.5. The number of halogens is 2. The van der Waals surface area contributed by atoms with Gasteiger partial charge >= 0.3 is 5.97 Å². The fourth-order valence-electron chi connectivity index (χ4n) is 1.58. The summed E-state index contributed by atoms with van der Waals surface area (Å²) in [5.74, 6) is -2.63. The normalized spacial score (nSPS) is 11.6. The Labute approximate surface area is 126 Å². The van der Waals surface area contributed by atoms with Crippen molar-refractivity contribution >= 4 is 27.6 Å². The lowest BCUT2D eigenvalue weighted by molar-refractivity contribution is 0.0696. The predicted molar refractivity (Wildman–Crippen MR) is 74.5 cm³/mol. The molecule has 1 aromatic rings. The molecule has 118 valence electrons. The highest BCUT2D eigenvalue weighted by molar-refractivity contribution is 7.89. The van der Waals surface area contributed by atoms with Crippen LogP contribution in [0.25, 0.3) is 0 Å². The van der Waals surface area contributed by atoms with E-state index in [1.165, 1.54) is 0 Å². The van der Waals surface area contributed by atoms with Crippen molar-refractivity contribution in [3.05, 3.63) is 28.5 Å². The van der Waals surface area contributed by atoms with Crippen molar-refractivity contribution in [3.8, 4) is 0 Å². The van der Waals surface area contributed by atoms with Gasteiger partial charge in [-0.3, -0.25) is 0 Å². The van der Waals surface area contributed by atoms with Gasteiger partial charge in [0.15, 0.2) is 0 Å². The Hall–Kier alpha value is -1.22. The summed E-state index contributed by atoms with van der Waals surface area (Å²) in [7, 11) is -4.02. The summed E-state index contributed by atoms with van der Waals surface area (Å²) in [5.41, 5.74) is -0.614. The first-order valence-corrected chi connectivity index (χ1v) is 7.98. The number of benzene rings is 1. The first-order chi connectivity index (χ1) is 9.79. The molecule has 6 nitrogen and oxygen atoms in total. The van der Waals surface area contributed by atoms with E-state index >= 15 is 0 Å². The zero-order valence-corrected chi connectivity index (χ0v) is 12.5. The minimum Gasteiger partial charge on any atom is -0.478 e. The molecule has 0 saturated carbocycles. The minimum absolute atomic E-state index is 0.0249. The monoisotopic (exact) mass is 339 g/mol. The van der Waals surface area contributed by atoms with Crippen LogP contribution >= 0.6 is 11.6 Å². The lowest BCUT2D eigenvalue weighted by Gasteiger charge is -2.09. The fourth-order valence-corrected chi connectivity index (χ4v) is 2.88. The number of rotatable bonds is 8. The van der Waals surface area contributed by atoms with Gasteiger partial charge in [-0.15, -0.1) is 0 Å². The molecule has 0 aliphatic rings. The second kappa shape index (κ2) is 7.69. The second-order valence-electron chi connectivity index (χ2n) is 4.25. The van der Waals surface area contributed by atoms with E-state index in [1.807, 2.05) is 0 Å². The third-order valence-corrected chi connectivity index (χ3v) is 4.49. The number of carboxylic acids is 1. The van der Waals surface area contributed by atoms with Crippen molar-refractivity contribution in [3.63, 3.8) is 0 Å². The van der Waals surface area contributed by atoms with E-state index in [0.29, 0.717) is 25.3 Å². The Kier molecular flexibility index (Phi) is 6.53. The molecule has 0 bridgehead atoms. The zero-order valence-electron chi connectivity index (χ0n) is 11.0. The van der Waals surface area contributed by atoms with Crippen molar-refractivity contribution in [2.75, 3.05) is 13.2 Å². The molecule has 1 aromatic carbocycles. The summed E-state index contributed by atoms with van der Waals surface area (Å²) in [5, 5.41) is 16.8. The fraction of sp³-hybridized carbons (Fsp3) is 0.417. The van der Waals surface area contributed by atoms with Crippen molar-refractivity contribution < 1.29 is 27.8 Å². The summed E-state index contributed by atoms with van der Waals surface area (Å²) < 4.78 is 39.6. The molecule has 0 heterocycles. The van der Waals surface area contributed by atoms with Crippen LogP contribution in [0.4, 0.5) is 4.39 Å². The number of aliphatic hydroxyl groups is 1. The van der Waals surface area contributed by atoms with Gasteiger partial charge in [0.1, 0.15) is 5.82 Å². The summed E-state index contributed by atoms with van der Waals surface area (Å²) in [6.45, 7) is 0.131. The molecule has 0 amide bonds. The molecule has 9 heteroatoms. The summed E-state index contributed by atoms with van der Waals surface area (Å²) >= 11 is 5.48. The lowest BCUT2D eigenvalue weighted by atomic mass is 10.2. The molecule has 21 heavy (non-hydrogen) atoms. The van der Waals surface area contributed by atoms with Gasteiger partial charge in [0.2, 0.25) is 10.0 Å². The van der Waals surface area contributed by atoms with Gasteiger partial charge < -0.3 is 10.2 Å². The van der Waals surface area contributed by atoms with Gasteiger partial charge in [-0.1, -0.05) is 11.6 Å².